The van der Waals surface area contributed by atoms with E-state index in [4.69, 9.17) is 11.6 Å². The quantitative estimate of drug-likeness (QED) is 0.828. The maximum atomic E-state index is 12.2. The summed E-state index contributed by atoms with van der Waals surface area (Å²) >= 11 is 9.33. The van der Waals surface area contributed by atoms with Gasteiger partial charge in [-0.2, -0.15) is 0 Å². The van der Waals surface area contributed by atoms with Crippen LogP contribution in [0.5, 0.6) is 0 Å². The number of halogens is 2. The first-order valence-corrected chi connectivity index (χ1v) is 7.13. The van der Waals surface area contributed by atoms with Crippen LogP contribution in [0.4, 0.5) is 5.69 Å². The lowest BCUT2D eigenvalue weighted by molar-refractivity contribution is 0.0600. The van der Waals surface area contributed by atoms with Gasteiger partial charge in [0.25, 0.3) is 5.91 Å². The van der Waals surface area contributed by atoms with E-state index < -0.39 is 5.97 Å². The molecule has 0 unspecified atom stereocenters. The highest BCUT2D eigenvalue weighted by molar-refractivity contribution is 9.10. The van der Waals surface area contributed by atoms with Crippen molar-refractivity contribution >= 4 is 45.1 Å². The third kappa shape index (κ3) is 3.83. The zero-order valence-electron chi connectivity index (χ0n) is 11.0. The Morgan fingerprint density at radius 3 is 2.57 bits per heavy atom. The number of ether oxygens (including phenoxy) is 1. The van der Waals surface area contributed by atoms with E-state index in [1.165, 1.54) is 25.3 Å². The van der Waals surface area contributed by atoms with Crippen molar-refractivity contribution in [2.24, 2.45) is 0 Å². The first-order chi connectivity index (χ1) is 10.0. The van der Waals surface area contributed by atoms with Gasteiger partial charge < -0.3 is 10.1 Å². The molecular formula is C15H11BrClNO3. The van der Waals surface area contributed by atoms with Gasteiger partial charge in [0.1, 0.15) is 0 Å². The Balaban J connectivity index is 2.26. The Hall–Kier alpha value is -1.85. The van der Waals surface area contributed by atoms with E-state index in [0.29, 0.717) is 21.8 Å². The van der Waals surface area contributed by atoms with Gasteiger partial charge in [-0.25, -0.2) is 4.79 Å². The van der Waals surface area contributed by atoms with Crippen LogP contribution in [0.15, 0.2) is 46.9 Å². The minimum atomic E-state index is -0.496. The van der Waals surface area contributed by atoms with Crippen LogP contribution in [0, 0.1) is 0 Å². The van der Waals surface area contributed by atoms with Crippen molar-refractivity contribution in [3.05, 3.63) is 63.1 Å². The molecular weight excluding hydrogens is 358 g/mol. The topological polar surface area (TPSA) is 55.4 Å². The number of anilines is 1. The maximum Gasteiger partial charge on any atom is 0.337 e. The molecule has 0 saturated carbocycles. The van der Waals surface area contributed by atoms with E-state index in [-0.39, 0.29) is 5.91 Å². The van der Waals surface area contributed by atoms with Crippen LogP contribution >= 0.6 is 27.5 Å². The highest BCUT2D eigenvalue weighted by atomic mass is 79.9. The molecule has 0 radical (unpaired) electrons. The molecule has 2 aromatic rings. The molecule has 1 amide bonds. The highest BCUT2D eigenvalue weighted by Gasteiger charge is 2.12. The van der Waals surface area contributed by atoms with Crippen molar-refractivity contribution in [2.45, 2.75) is 0 Å². The fourth-order valence-electron chi connectivity index (χ4n) is 1.69. The summed E-state index contributed by atoms with van der Waals surface area (Å²) in [5.41, 5.74) is 1.14. The number of rotatable bonds is 3. The summed E-state index contributed by atoms with van der Waals surface area (Å²) in [5, 5.41) is 3.01. The van der Waals surface area contributed by atoms with Gasteiger partial charge in [-0.15, -0.1) is 0 Å². The lowest BCUT2D eigenvalue weighted by Gasteiger charge is -2.09. The summed E-state index contributed by atoms with van der Waals surface area (Å²) in [6.07, 6.45) is 0. The van der Waals surface area contributed by atoms with Crippen molar-refractivity contribution in [2.75, 3.05) is 12.4 Å². The molecule has 2 rings (SSSR count). The molecule has 0 fully saturated rings. The second-order valence-corrected chi connectivity index (χ2v) is 5.47. The van der Waals surface area contributed by atoms with Crippen LogP contribution < -0.4 is 5.32 Å². The molecule has 2 aromatic carbocycles. The van der Waals surface area contributed by atoms with E-state index in [2.05, 4.69) is 26.0 Å². The van der Waals surface area contributed by atoms with Gasteiger partial charge in [0, 0.05) is 10.0 Å². The van der Waals surface area contributed by atoms with Crippen LogP contribution in [-0.2, 0) is 4.74 Å². The van der Waals surface area contributed by atoms with Crippen LogP contribution in [0.3, 0.4) is 0 Å². The molecule has 0 saturated heterocycles. The molecule has 1 N–H and O–H groups in total. The van der Waals surface area contributed by atoms with Crippen LogP contribution in [0.25, 0.3) is 0 Å². The second-order valence-electron chi connectivity index (χ2n) is 4.15. The molecule has 0 aliphatic carbocycles. The van der Waals surface area contributed by atoms with Crippen molar-refractivity contribution in [3.63, 3.8) is 0 Å². The minimum Gasteiger partial charge on any atom is -0.465 e. The molecule has 21 heavy (non-hydrogen) atoms. The summed E-state index contributed by atoms with van der Waals surface area (Å²) in [6, 6.07) is 11.5. The number of carbonyl (C=O) groups excluding carboxylic acids is 2. The Labute approximate surface area is 135 Å². The van der Waals surface area contributed by atoms with Crippen LogP contribution in [-0.4, -0.2) is 19.0 Å². The number of esters is 1. The first-order valence-electron chi connectivity index (χ1n) is 5.96. The number of hydrogen-bond donors (Lipinski definition) is 1. The van der Waals surface area contributed by atoms with Crippen molar-refractivity contribution in [3.8, 4) is 0 Å². The Morgan fingerprint density at radius 2 is 1.90 bits per heavy atom. The molecule has 0 aromatic heterocycles. The Kier molecular flexibility index (Phi) is 4.98. The molecule has 108 valence electrons. The fraction of sp³-hybridized carbons (Fsp3) is 0.0667. The van der Waals surface area contributed by atoms with Gasteiger partial charge in [-0.3, -0.25) is 4.79 Å². The summed E-state index contributed by atoms with van der Waals surface area (Å²) in [5.74, 6) is -0.815. The zero-order valence-corrected chi connectivity index (χ0v) is 13.4. The summed E-state index contributed by atoms with van der Waals surface area (Å²) in [4.78, 5) is 23.7. The molecule has 0 aliphatic rings. The Bertz CT molecular complexity index is 703. The van der Waals surface area contributed by atoms with Crippen LogP contribution in [0.2, 0.25) is 5.02 Å². The average Bonchev–Trinajstić information content (AvgIpc) is 2.48. The number of amides is 1. The van der Waals surface area contributed by atoms with Gasteiger partial charge in [-0.1, -0.05) is 33.6 Å². The monoisotopic (exact) mass is 367 g/mol. The van der Waals surface area contributed by atoms with Gasteiger partial charge in [0.15, 0.2) is 0 Å². The van der Waals surface area contributed by atoms with E-state index in [1.807, 2.05) is 6.07 Å². The lowest BCUT2D eigenvalue weighted by atomic mass is 10.1. The first kappa shape index (κ1) is 15.5. The van der Waals surface area contributed by atoms with Crippen LogP contribution in [0.1, 0.15) is 20.7 Å². The maximum absolute atomic E-state index is 12.2. The average molecular weight is 369 g/mol. The second kappa shape index (κ2) is 6.74. The third-order valence-electron chi connectivity index (χ3n) is 2.72. The van der Waals surface area contributed by atoms with Crippen molar-refractivity contribution in [1.82, 2.24) is 0 Å². The van der Waals surface area contributed by atoms with Gasteiger partial charge >= 0.3 is 5.97 Å². The van der Waals surface area contributed by atoms with E-state index >= 15 is 0 Å². The standard InChI is InChI=1S/C15H11BrClNO3/c1-21-15(20)10-5-6-12(17)13(8-10)18-14(19)9-3-2-4-11(16)7-9/h2-8H,1H3,(H,18,19). The molecule has 0 atom stereocenters. The van der Waals surface area contributed by atoms with Gasteiger partial charge in [0.2, 0.25) is 0 Å². The largest absolute Gasteiger partial charge is 0.465 e. The molecule has 4 nitrogen and oxygen atoms in total. The van der Waals surface area contributed by atoms with Gasteiger partial charge in [-0.05, 0) is 36.4 Å². The number of hydrogen-bond acceptors (Lipinski definition) is 3. The molecule has 0 spiro atoms. The van der Waals surface area contributed by atoms with Gasteiger partial charge in [0.05, 0.1) is 23.4 Å². The molecule has 6 heteroatoms. The fourth-order valence-corrected chi connectivity index (χ4v) is 2.25. The molecule has 0 heterocycles. The zero-order chi connectivity index (χ0) is 15.4. The Morgan fingerprint density at radius 1 is 1.14 bits per heavy atom. The minimum absolute atomic E-state index is 0.312. The van der Waals surface area contributed by atoms with Crippen molar-refractivity contribution < 1.29 is 14.3 Å². The normalized spacial score (nSPS) is 10.0. The third-order valence-corrected chi connectivity index (χ3v) is 3.55. The summed E-state index contributed by atoms with van der Waals surface area (Å²) in [7, 11) is 1.29. The van der Waals surface area contributed by atoms with E-state index in [9.17, 15) is 9.59 Å². The lowest BCUT2D eigenvalue weighted by Crippen LogP contribution is -2.13. The summed E-state index contributed by atoms with van der Waals surface area (Å²) < 4.78 is 5.43. The van der Waals surface area contributed by atoms with Crippen molar-refractivity contribution in [1.29, 1.82) is 0 Å². The molecule has 0 aliphatic heterocycles. The predicted octanol–water partition coefficient (Wildman–Crippen LogP) is 4.14. The SMILES string of the molecule is COC(=O)c1ccc(Cl)c(NC(=O)c2cccc(Br)c2)c1. The number of methoxy groups -OCH3 is 1. The highest BCUT2D eigenvalue weighted by Crippen LogP contribution is 2.24. The number of carbonyl (C=O) groups is 2. The number of benzene rings is 2. The van der Waals surface area contributed by atoms with E-state index in [0.717, 1.165) is 4.47 Å². The smallest absolute Gasteiger partial charge is 0.337 e. The van der Waals surface area contributed by atoms with E-state index in [1.54, 1.807) is 18.2 Å². The molecule has 0 bridgehead atoms. The predicted molar refractivity (Wildman–Crippen MR) is 84.9 cm³/mol. The number of nitrogens with one attached hydrogen (secondary N) is 1. The summed E-state index contributed by atoms with van der Waals surface area (Å²) in [6.45, 7) is 0.